The molecule has 0 aromatic heterocycles. The molecule has 2 amide bonds. The molecule has 0 aromatic carbocycles. The quantitative estimate of drug-likeness (QED) is 0.355. The van der Waals surface area contributed by atoms with Crippen LogP contribution in [0.2, 0.25) is 0 Å². The number of amides is 2. The number of unbranched alkanes of at least 4 members (excludes halogenated alkanes) is 4. The molecule has 0 heterocycles. The third kappa shape index (κ3) is 10.8. The van der Waals surface area contributed by atoms with E-state index in [2.05, 4.69) is 17.2 Å². The predicted octanol–water partition coefficient (Wildman–Crippen LogP) is 2.63. The Morgan fingerprint density at radius 2 is 1.67 bits per heavy atom. The van der Waals surface area contributed by atoms with Crippen LogP contribution >= 0.6 is 0 Å². The highest BCUT2D eigenvalue weighted by molar-refractivity contribution is 5.89. The fourth-order valence-electron chi connectivity index (χ4n) is 2.47. The number of carboxylic acids is 1. The molecule has 3 N–H and O–H groups in total. The van der Waals surface area contributed by atoms with Crippen LogP contribution in [0.15, 0.2) is 12.7 Å². The van der Waals surface area contributed by atoms with Crippen LogP contribution in [0.3, 0.4) is 0 Å². The first-order valence-electron chi connectivity index (χ1n) is 8.69. The minimum atomic E-state index is -1.04. The number of carboxylic acid groups (broad SMARTS) is 1. The van der Waals surface area contributed by atoms with Crippen molar-refractivity contribution in [2.75, 3.05) is 0 Å². The van der Waals surface area contributed by atoms with Crippen LogP contribution in [0.5, 0.6) is 0 Å². The van der Waals surface area contributed by atoms with E-state index in [1.807, 2.05) is 19.9 Å². The molecule has 0 aliphatic heterocycles. The molecule has 138 valence electrons. The van der Waals surface area contributed by atoms with Gasteiger partial charge in [-0.1, -0.05) is 39.2 Å². The van der Waals surface area contributed by atoms with Gasteiger partial charge in [0, 0.05) is 6.92 Å². The number of hydrogen-bond donors (Lipinski definition) is 3. The van der Waals surface area contributed by atoms with Crippen LogP contribution in [0, 0.1) is 5.92 Å². The highest BCUT2D eigenvalue weighted by Crippen LogP contribution is 2.10. The second kappa shape index (κ2) is 12.6. The SMILES string of the molecule is C=CCCCCCC[C@@H](NC(=O)[C@H](CC(C)C)NC(C)=O)C(=O)O. The Morgan fingerprint density at radius 1 is 1.04 bits per heavy atom. The zero-order valence-electron chi connectivity index (χ0n) is 15.1. The highest BCUT2D eigenvalue weighted by Gasteiger charge is 2.26. The van der Waals surface area contributed by atoms with Gasteiger partial charge < -0.3 is 15.7 Å². The number of aliphatic carboxylic acids is 1. The molecule has 0 saturated carbocycles. The van der Waals surface area contributed by atoms with Crippen molar-refractivity contribution < 1.29 is 19.5 Å². The zero-order valence-corrected chi connectivity index (χ0v) is 15.1. The molecule has 0 unspecified atom stereocenters. The van der Waals surface area contributed by atoms with Crippen LogP contribution in [0.1, 0.15) is 65.7 Å². The van der Waals surface area contributed by atoms with Crippen molar-refractivity contribution in [2.24, 2.45) is 5.92 Å². The Hall–Kier alpha value is -1.85. The van der Waals surface area contributed by atoms with Gasteiger partial charge in [0.2, 0.25) is 11.8 Å². The van der Waals surface area contributed by atoms with E-state index >= 15 is 0 Å². The summed E-state index contributed by atoms with van der Waals surface area (Å²) >= 11 is 0. The standard InChI is InChI=1S/C18H32N2O4/c1-5-6-7-8-9-10-11-15(18(23)24)20-17(22)16(12-13(2)3)19-14(4)21/h5,13,15-16H,1,6-12H2,2-4H3,(H,19,21)(H,20,22)(H,23,24)/t15-,16+/m1/s1. The van der Waals surface area contributed by atoms with Gasteiger partial charge in [-0.25, -0.2) is 4.79 Å². The molecule has 0 saturated heterocycles. The zero-order chi connectivity index (χ0) is 18.5. The van der Waals surface area contributed by atoms with Gasteiger partial charge in [0.15, 0.2) is 0 Å². The summed E-state index contributed by atoms with van der Waals surface area (Å²) in [6.45, 7) is 8.90. The third-order valence-corrected chi connectivity index (χ3v) is 3.67. The van der Waals surface area contributed by atoms with Crippen LogP contribution in [-0.4, -0.2) is 35.0 Å². The van der Waals surface area contributed by atoms with E-state index in [0.29, 0.717) is 12.8 Å². The molecule has 2 atom stereocenters. The minimum absolute atomic E-state index is 0.209. The van der Waals surface area contributed by atoms with Gasteiger partial charge in [0.1, 0.15) is 12.1 Å². The first-order valence-corrected chi connectivity index (χ1v) is 8.69. The van der Waals surface area contributed by atoms with Crippen molar-refractivity contribution in [1.82, 2.24) is 10.6 Å². The van der Waals surface area contributed by atoms with E-state index in [4.69, 9.17) is 0 Å². The lowest BCUT2D eigenvalue weighted by Gasteiger charge is -2.22. The Labute approximate surface area is 145 Å². The van der Waals surface area contributed by atoms with E-state index in [-0.39, 0.29) is 11.8 Å². The van der Waals surface area contributed by atoms with Crippen molar-refractivity contribution in [3.63, 3.8) is 0 Å². The first kappa shape index (κ1) is 22.1. The Bertz CT molecular complexity index is 421. The fraction of sp³-hybridized carbons (Fsp3) is 0.722. The van der Waals surface area contributed by atoms with Crippen LogP contribution in [0.4, 0.5) is 0 Å². The molecule has 0 rings (SSSR count). The molecular weight excluding hydrogens is 308 g/mol. The van der Waals surface area contributed by atoms with Crippen LogP contribution < -0.4 is 10.6 Å². The van der Waals surface area contributed by atoms with Gasteiger partial charge in [0.25, 0.3) is 0 Å². The van der Waals surface area contributed by atoms with E-state index in [1.165, 1.54) is 6.92 Å². The molecule has 6 nitrogen and oxygen atoms in total. The summed E-state index contributed by atoms with van der Waals surface area (Å²) in [6.07, 6.45) is 7.44. The largest absolute Gasteiger partial charge is 0.480 e. The lowest BCUT2D eigenvalue weighted by molar-refractivity contribution is -0.142. The molecule has 6 heteroatoms. The maximum Gasteiger partial charge on any atom is 0.326 e. The predicted molar refractivity (Wildman–Crippen MR) is 94.5 cm³/mol. The Morgan fingerprint density at radius 3 is 2.17 bits per heavy atom. The maximum atomic E-state index is 12.3. The topological polar surface area (TPSA) is 95.5 Å². The number of hydrogen-bond acceptors (Lipinski definition) is 3. The van der Waals surface area contributed by atoms with Gasteiger partial charge in [-0.2, -0.15) is 0 Å². The van der Waals surface area contributed by atoms with E-state index < -0.39 is 24.0 Å². The monoisotopic (exact) mass is 340 g/mol. The third-order valence-electron chi connectivity index (χ3n) is 3.67. The lowest BCUT2D eigenvalue weighted by Crippen LogP contribution is -2.51. The maximum absolute atomic E-state index is 12.3. The molecule has 0 aliphatic rings. The van der Waals surface area contributed by atoms with Gasteiger partial charge in [-0.05, 0) is 31.6 Å². The smallest absolute Gasteiger partial charge is 0.326 e. The highest BCUT2D eigenvalue weighted by atomic mass is 16.4. The summed E-state index contributed by atoms with van der Waals surface area (Å²) in [7, 11) is 0. The van der Waals surface area contributed by atoms with E-state index in [1.54, 1.807) is 0 Å². The van der Waals surface area contributed by atoms with Gasteiger partial charge in [0.05, 0.1) is 0 Å². The number of carbonyl (C=O) groups excluding carboxylic acids is 2. The molecule has 0 aliphatic carbocycles. The molecule has 0 radical (unpaired) electrons. The molecule has 0 bridgehead atoms. The Balaban J connectivity index is 4.49. The molecule has 24 heavy (non-hydrogen) atoms. The van der Waals surface area contributed by atoms with Crippen molar-refractivity contribution in [2.45, 2.75) is 77.8 Å². The van der Waals surface area contributed by atoms with Crippen molar-refractivity contribution in [3.8, 4) is 0 Å². The summed E-state index contributed by atoms with van der Waals surface area (Å²) < 4.78 is 0. The van der Waals surface area contributed by atoms with E-state index in [9.17, 15) is 19.5 Å². The summed E-state index contributed by atoms with van der Waals surface area (Å²) in [5, 5.41) is 14.4. The van der Waals surface area contributed by atoms with Crippen LogP contribution in [-0.2, 0) is 14.4 Å². The second-order valence-electron chi connectivity index (χ2n) is 6.56. The number of rotatable bonds is 13. The van der Waals surface area contributed by atoms with Crippen molar-refractivity contribution in [1.29, 1.82) is 0 Å². The fourth-order valence-corrected chi connectivity index (χ4v) is 2.47. The molecule has 0 spiro atoms. The van der Waals surface area contributed by atoms with Gasteiger partial charge in [-0.15, -0.1) is 6.58 Å². The van der Waals surface area contributed by atoms with Gasteiger partial charge >= 0.3 is 5.97 Å². The molecular formula is C18H32N2O4. The average molecular weight is 340 g/mol. The molecule has 0 fully saturated rings. The minimum Gasteiger partial charge on any atom is -0.480 e. The number of nitrogens with one attached hydrogen (secondary N) is 2. The molecule has 0 aromatic rings. The number of carbonyl (C=O) groups is 3. The van der Waals surface area contributed by atoms with Gasteiger partial charge in [-0.3, -0.25) is 9.59 Å². The Kier molecular flexibility index (Phi) is 11.6. The normalized spacial score (nSPS) is 13.2. The average Bonchev–Trinajstić information content (AvgIpc) is 2.47. The van der Waals surface area contributed by atoms with E-state index in [0.717, 1.165) is 32.1 Å². The summed E-state index contributed by atoms with van der Waals surface area (Å²) in [4.78, 5) is 34.9. The van der Waals surface area contributed by atoms with Crippen LogP contribution in [0.25, 0.3) is 0 Å². The summed E-state index contributed by atoms with van der Waals surface area (Å²) in [6, 6.07) is -1.61. The van der Waals surface area contributed by atoms with Crippen molar-refractivity contribution >= 4 is 17.8 Å². The second-order valence-corrected chi connectivity index (χ2v) is 6.56. The summed E-state index contributed by atoms with van der Waals surface area (Å²) in [5.74, 6) is -1.57. The van der Waals surface area contributed by atoms with Crippen molar-refractivity contribution in [3.05, 3.63) is 12.7 Å². The first-order chi connectivity index (χ1) is 11.3. The summed E-state index contributed by atoms with van der Waals surface area (Å²) in [5.41, 5.74) is 0. The number of allylic oxidation sites excluding steroid dienone is 1. The lowest BCUT2D eigenvalue weighted by atomic mass is 10.0.